The van der Waals surface area contributed by atoms with Crippen molar-refractivity contribution in [3.05, 3.63) is 35.4 Å². The lowest BCUT2D eigenvalue weighted by Gasteiger charge is -2.14. The molecule has 0 heterocycles. The first-order chi connectivity index (χ1) is 7.92. The Labute approximate surface area is 112 Å². The van der Waals surface area contributed by atoms with Crippen molar-refractivity contribution < 1.29 is 8.42 Å². The topological polar surface area (TPSA) is 34.1 Å². The predicted octanol–water partition coefficient (Wildman–Crippen LogP) is 3.30. The van der Waals surface area contributed by atoms with Crippen LogP contribution in [0.25, 0.3) is 0 Å². The first kappa shape index (κ1) is 14.7. The quantitative estimate of drug-likeness (QED) is 0.754. The average Bonchev–Trinajstić information content (AvgIpc) is 2.23. The summed E-state index contributed by atoms with van der Waals surface area (Å²) in [5.41, 5.74) is 2.53. The summed E-state index contributed by atoms with van der Waals surface area (Å²) >= 11 is 3.51. The van der Waals surface area contributed by atoms with E-state index in [-0.39, 0.29) is 5.75 Å². The van der Waals surface area contributed by atoms with E-state index in [1.807, 2.05) is 0 Å². The fourth-order valence-corrected chi connectivity index (χ4v) is 3.24. The maximum absolute atomic E-state index is 11.1. The van der Waals surface area contributed by atoms with Gasteiger partial charge in [-0.3, -0.25) is 0 Å². The second-order valence-corrected chi connectivity index (χ2v) is 7.44. The van der Waals surface area contributed by atoms with Gasteiger partial charge >= 0.3 is 0 Å². The summed E-state index contributed by atoms with van der Waals surface area (Å²) in [6, 6.07) is 8.41. The zero-order valence-electron chi connectivity index (χ0n) is 10.3. The number of sulfone groups is 1. The molecule has 0 aliphatic carbocycles. The SMILES string of the molecule is Cc1cccc(C(CBr)CCCS(C)(=O)=O)c1. The van der Waals surface area contributed by atoms with Gasteiger partial charge in [-0.05, 0) is 31.2 Å². The van der Waals surface area contributed by atoms with Crippen LogP contribution in [0.2, 0.25) is 0 Å². The van der Waals surface area contributed by atoms with Crippen LogP contribution in [0.4, 0.5) is 0 Å². The normalized spacial score (nSPS) is 13.6. The van der Waals surface area contributed by atoms with E-state index in [9.17, 15) is 8.42 Å². The van der Waals surface area contributed by atoms with Gasteiger partial charge in [-0.25, -0.2) is 8.42 Å². The van der Waals surface area contributed by atoms with E-state index in [1.54, 1.807) is 0 Å². The van der Waals surface area contributed by atoms with Gasteiger partial charge in [-0.15, -0.1) is 0 Å². The Hall–Kier alpha value is -0.350. The molecule has 0 aliphatic rings. The highest BCUT2D eigenvalue weighted by Crippen LogP contribution is 2.24. The van der Waals surface area contributed by atoms with Crippen LogP contribution >= 0.6 is 15.9 Å². The van der Waals surface area contributed by atoms with E-state index in [1.165, 1.54) is 17.4 Å². The maximum Gasteiger partial charge on any atom is 0.147 e. The monoisotopic (exact) mass is 318 g/mol. The summed E-state index contributed by atoms with van der Waals surface area (Å²) in [6.45, 7) is 2.07. The van der Waals surface area contributed by atoms with Gasteiger partial charge in [0.2, 0.25) is 0 Å². The highest BCUT2D eigenvalue weighted by atomic mass is 79.9. The van der Waals surface area contributed by atoms with Crippen molar-refractivity contribution in [3.8, 4) is 0 Å². The Morgan fingerprint density at radius 2 is 2.06 bits per heavy atom. The van der Waals surface area contributed by atoms with Crippen LogP contribution in [0, 0.1) is 6.92 Å². The Morgan fingerprint density at radius 3 is 2.59 bits per heavy atom. The molecule has 1 aromatic rings. The van der Waals surface area contributed by atoms with E-state index >= 15 is 0 Å². The Kier molecular flexibility index (Phi) is 5.67. The second-order valence-electron chi connectivity index (χ2n) is 4.54. The van der Waals surface area contributed by atoms with Gasteiger partial charge in [-0.1, -0.05) is 45.8 Å². The Balaban J connectivity index is 2.60. The minimum Gasteiger partial charge on any atom is -0.229 e. The minimum atomic E-state index is -2.83. The fourth-order valence-electron chi connectivity index (χ4n) is 1.85. The summed E-state index contributed by atoms with van der Waals surface area (Å²) in [7, 11) is -2.83. The lowest BCUT2D eigenvalue weighted by atomic mass is 9.95. The third-order valence-electron chi connectivity index (χ3n) is 2.77. The number of benzene rings is 1. The molecule has 17 heavy (non-hydrogen) atoms. The molecule has 0 aromatic heterocycles. The van der Waals surface area contributed by atoms with Crippen molar-refractivity contribution in [2.45, 2.75) is 25.7 Å². The molecule has 4 heteroatoms. The number of aryl methyl sites for hydroxylation is 1. The van der Waals surface area contributed by atoms with Crippen LogP contribution in [-0.2, 0) is 9.84 Å². The van der Waals surface area contributed by atoms with E-state index in [0.29, 0.717) is 5.92 Å². The van der Waals surface area contributed by atoms with E-state index in [4.69, 9.17) is 0 Å². The Morgan fingerprint density at radius 1 is 1.35 bits per heavy atom. The Bertz CT molecular complexity index is 454. The van der Waals surface area contributed by atoms with Crippen LogP contribution in [0.3, 0.4) is 0 Å². The highest BCUT2D eigenvalue weighted by molar-refractivity contribution is 9.09. The highest BCUT2D eigenvalue weighted by Gasteiger charge is 2.11. The zero-order chi connectivity index (χ0) is 12.9. The van der Waals surface area contributed by atoms with Crippen LogP contribution in [0.15, 0.2) is 24.3 Å². The van der Waals surface area contributed by atoms with Crippen LogP contribution in [0.1, 0.15) is 29.9 Å². The molecule has 0 saturated carbocycles. The van der Waals surface area contributed by atoms with E-state index < -0.39 is 9.84 Å². The van der Waals surface area contributed by atoms with Gasteiger partial charge in [0.05, 0.1) is 0 Å². The van der Waals surface area contributed by atoms with Crippen molar-refractivity contribution >= 4 is 25.8 Å². The summed E-state index contributed by atoms with van der Waals surface area (Å²) in [5, 5.41) is 0.875. The summed E-state index contributed by atoms with van der Waals surface area (Å²) in [5.74, 6) is 0.680. The largest absolute Gasteiger partial charge is 0.229 e. The third kappa shape index (κ3) is 5.68. The van der Waals surface area contributed by atoms with Crippen LogP contribution in [-0.4, -0.2) is 25.8 Å². The van der Waals surface area contributed by atoms with Crippen LogP contribution in [0.5, 0.6) is 0 Å². The number of rotatable bonds is 6. The van der Waals surface area contributed by atoms with Crippen molar-refractivity contribution in [2.24, 2.45) is 0 Å². The van der Waals surface area contributed by atoms with E-state index in [2.05, 4.69) is 47.1 Å². The van der Waals surface area contributed by atoms with Gasteiger partial charge in [0, 0.05) is 17.3 Å². The number of hydrogen-bond acceptors (Lipinski definition) is 2. The molecule has 1 aromatic carbocycles. The molecule has 0 bridgehead atoms. The molecular formula is C13H19BrO2S. The third-order valence-corrected chi connectivity index (χ3v) is 4.58. The summed E-state index contributed by atoms with van der Waals surface area (Å²) in [6.07, 6.45) is 2.92. The molecule has 0 aliphatic heterocycles. The molecule has 0 radical (unpaired) electrons. The number of hydrogen-bond donors (Lipinski definition) is 0. The average molecular weight is 319 g/mol. The summed E-state index contributed by atoms with van der Waals surface area (Å²) in [4.78, 5) is 0. The fraction of sp³-hybridized carbons (Fsp3) is 0.538. The molecule has 0 amide bonds. The molecule has 0 fully saturated rings. The zero-order valence-corrected chi connectivity index (χ0v) is 12.7. The first-order valence-corrected chi connectivity index (χ1v) is 8.91. The molecule has 1 rings (SSSR count). The predicted molar refractivity (Wildman–Crippen MR) is 76.7 cm³/mol. The van der Waals surface area contributed by atoms with Gasteiger partial charge in [0.1, 0.15) is 9.84 Å². The van der Waals surface area contributed by atoms with E-state index in [0.717, 1.165) is 18.2 Å². The second kappa shape index (κ2) is 6.55. The van der Waals surface area contributed by atoms with Gasteiger partial charge < -0.3 is 0 Å². The number of alkyl halides is 1. The van der Waals surface area contributed by atoms with Crippen molar-refractivity contribution in [1.29, 1.82) is 0 Å². The number of halogens is 1. The molecule has 1 unspecified atom stereocenters. The first-order valence-electron chi connectivity index (χ1n) is 5.72. The van der Waals surface area contributed by atoms with Crippen molar-refractivity contribution in [2.75, 3.05) is 17.3 Å². The minimum absolute atomic E-state index is 0.280. The van der Waals surface area contributed by atoms with Crippen LogP contribution < -0.4 is 0 Å². The molecule has 2 nitrogen and oxygen atoms in total. The molecular weight excluding hydrogens is 300 g/mol. The van der Waals surface area contributed by atoms with Gasteiger partial charge in [-0.2, -0.15) is 0 Å². The molecule has 0 N–H and O–H groups in total. The summed E-state index contributed by atoms with van der Waals surface area (Å²) < 4.78 is 22.2. The smallest absolute Gasteiger partial charge is 0.147 e. The molecule has 1 atom stereocenters. The molecule has 96 valence electrons. The lowest BCUT2D eigenvalue weighted by Crippen LogP contribution is -2.07. The molecule has 0 saturated heterocycles. The van der Waals surface area contributed by atoms with Gasteiger partial charge in [0.25, 0.3) is 0 Å². The van der Waals surface area contributed by atoms with Crippen molar-refractivity contribution in [1.82, 2.24) is 0 Å². The van der Waals surface area contributed by atoms with Gasteiger partial charge in [0.15, 0.2) is 0 Å². The maximum atomic E-state index is 11.1. The van der Waals surface area contributed by atoms with Crippen molar-refractivity contribution in [3.63, 3.8) is 0 Å². The lowest BCUT2D eigenvalue weighted by molar-refractivity contribution is 0.592. The molecule has 0 spiro atoms. The standard InChI is InChI=1S/C13H19BrO2S/c1-11-5-3-6-12(9-11)13(10-14)7-4-8-17(2,15)16/h3,5-6,9,13H,4,7-8,10H2,1-2H3.